The lowest BCUT2D eigenvalue weighted by molar-refractivity contribution is 0.389. The van der Waals surface area contributed by atoms with E-state index < -0.39 is 0 Å². The van der Waals surface area contributed by atoms with Crippen molar-refractivity contribution in [3.05, 3.63) is 0 Å². The minimum Gasteiger partial charge on any atom is -0.317 e. The molecule has 2 fully saturated rings. The molecule has 1 saturated heterocycles. The monoisotopic (exact) mass is 182 g/mol. The summed E-state index contributed by atoms with van der Waals surface area (Å²) in [6.07, 6.45) is 6.94. The summed E-state index contributed by atoms with van der Waals surface area (Å²) in [6.45, 7) is 4.78. The smallest absolute Gasteiger partial charge is 0.00822 e. The van der Waals surface area contributed by atoms with Crippen LogP contribution in [0.1, 0.15) is 39.0 Å². The fraction of sp³-hybridized carbons (Fsp3) is 1.00. The Hall–Kier alpha value is -0.0800. The second-order valence-corrected chi connectivity index (χ2v) is 4.67. The van der Waals surface area contributed by atoms with Gasteiger partial charge in [0.15, 0.2) is 0 Å². The predicted molar refractivity (Wildman–Crippen MR) is 55.8 cm³/mol. The molecule has 0 aromatic heterocycles. The summed E-state index contributed by atoms with van der Waals surface area (Å²) in [6, 6.07) is 1.55. The standard InChI is InChI=1S/C11H22N2/c1-9(10-4-5-10)13-11-3-2-7-12-8-6-11/h9-13H,2-8H2,1H3. The van der Waals surface area contributed by atoms with Gasteiger partial charge in [-0.2, -0.15) is 0 Å². The molecule has 0 aromatic rings. The molecule has 1 aliphatic carbocycles. The Morgan fingerprint density at radius 1 is 1.15 bits per heavy atom. The van der Waals surface area contributed by atoms with Crippen LogP contribution in [0.25, 0.3) is 0 Å². The zero-order chi connectivity index (χ0) is 9.10. The van der Waals surface area contributed by atoms with Gasteiger partial charge in [-0.05, 0) is 58.0 Å². The van der Waals surface area contributed by atoms with E-state index in [-0.39, 0.29) is 0 Å². The molecule has 0 radical (unpaired) electrons. The van der Waals surface area contributed by atoms with E-state index in [9.17, 15) is 0 Å². The fourth-order valence-corrected chi connectivity index (χ4v) is 2.29. The largest absolute Gasteiger partial charge is 0.317 e. The number of rotatable bonds is 3. The Labute approximate surface area is 81.5 Å². The zero-order valence-electron chi connectivity index (χ0n) is 8.68. The molecule has 1 saturated carbocycles. The van der Waals surface area contributed by atoms with Crippen LogP contribution < -0.4 is 10.6 Å². The normalized spacial score (nSPS) is 32.5. The van der Waals surface area contributed by atoms with Crippen molar-refractivity contribution in [2.75, 3.05) is 13.1 Å². The molecule has 2 heteroatoms. The molecular formula is C11H22N2. The van der Waals surface area contributed by atoms with E-state index >= 15 is 0 Å². The maximum atomic E-state index is 3.78. The van der Waals surface area contributed by atoms with Crippen molar-refractivity contribution < 1.29 is 0 Å². The first kappa shape index (κ1) is 9.47. The molecule has 2 unspecified atom stereocenters. The van der Waals surface area contributed by atoms with Gasteiger partial charge in [0.25, 0.3) is 0 Å². The maximum Gasteiger partial charge on any atom is 0.00822 e. The maximum absolute atomic E-state index is 3.78. The number of nitrogens with one attached hydrogen (secondary N) is 2. The van der Waals surface area contributed by atoms with Crippen LogP contribution in [0.3, 0.4) is 0 Å². The molecule has 0 aromatic carbocycles. The van der Waals surface area contributed by atoms with Crippen LogP contribution in [-0.2, 0) is 0 Å². The van der Waals surface area contributed by atoms with E-state index in [4.69, 9.17) is 0 Å². The van der Waals surface area contributed by atoms with Crippen LogP contribution in [0.2, 0.25) is 0 Å². The third kappa shape index (κ3) is 2.96. The topological polar surface area (TPSA) is 24.1 Å². The summed E-state index contributed by atoms with van der Waals surface area (Å²) < 4.78 is 0. The third-order valence-electron chi connectivity index (χ3n) is 3.40. The van der Waals surface area contributed by atoms with Crippen LogP contribution in [-0.4, -0.2) is 25.2 Å². The third-order valence-corrected chi connectivity index (χ3v) is 3.40. The Morgan fingerprint density at radius 3 is 2.77 bits per heavy atom. The Bertz CT molecular complexity index is 146. The van der Waals surface area contributed by atoms with Gasteiger partial charge in [0.1, 0.15) is 0 Å². The number of hydrogen-bond donors (Lipinski definition) is 2. The van der Waals surface area contributed by atoms with E-state index in [1.807, 2.05) is 0 Å². The molecule has 13 heavy (non-hydrogen) atoms. The van der Waals surface area contributed by atoms with E-state index in [1.165, 1.54) is 45.2 Å². The molecule has 1 heterocycles. The quantitative estimate of drug-likeness (QED) is 0.691. The lowest BCUT2D eigenvalue weighted by Crippen LogP contribution is -2.38. The van der Waals surface area contributed by atoms with Crippen molar-refractivity contribution in [2.24, 2.45) is 5.92 Å². The molecule has 0 bridgehead atoms. The highest BCUT2D eigenvalue weighted by molar-refractivity contribution is 4.86. The van der Waals surface area contributed by atoms with Crippen molar-refractivity contribution in [3.8, 4) is 0 Å². The van der Waals surface area contributed by atoms with Crippen LogP contribution in [0.5, 0.6) is 0 Å². The average Bonchev–Trinajstić information content (AvgIpc) is 2.92. The predicted octanol–water partition coefficient (Wildman–Crippen LogP) is 1.52. The molecular weight excluding hydrogens is 160 g/mol. The molecule has 76 valence electrons. The Morgan fingerprint density at radius 2 is 2.00 bits per heavy atom. The minimum absolute atomic E-state index is 0.767. The SMILES string of the molecule is CC(NC1CCCNCC1)C1CC1. The van der Waals surface area contributed by atoms with Gasteiger partial charge in [-0.3, -0.25) is 0 Å². The van der Waals surface area contributed by atoms with E-state index in [0.717, 1.165) is 18.0 Å². The molecule has 2 atom stereocenters. The first-order chi connectivity index (χ1) is 6.36. The van der Waals surface area contributed by atoms with E-state index in [2.05, 4.69) is 17.6 Å². The van der Waals surface area contributed by atoms with Gasteiger partial charge in [-0.25, -0.2) is 0 Å². The van der Waals surface area contributed by atoms with Crippen molar-refractivity contribution in [1.82, 2.24) is 10.6 Å². The summed E-state index contributed by atoms with van der Waals surface area (Å²) in [4.78, 5) is 0. The molecule has 1 aliphatic heterocycles. The second kappa shape index (κ2) is 4.43. The molecule has 2 nitrogen and oxygen atoms in total. The highest BCUT2D eigenvalue weighted by atomic mass is 15.0. The van der Waals surface area contributed by atoms with E-state index in [0.29, 0.717) is 0 Å². The van der Waals surface area contributed by atoms with Gasteiger partial charge in [0.2, 0.25) is 0 Å². The minimum atomic E-state index is 0.767. The van der Waals surface area contributed by atoms with Crippen LogP contribution in [0, 0.1) is 5.92 Å². The summed E-state index contributed by atoms with van der Waals surface area (Å²) in [5.41, 5.74) is 0. The molecule has 2 N–H and O–H groups in total. The Kier molecular flexibility index (Phi) is 3.23. The van der Waals surface area contributed by atoms with Gasteiger partial charge < -0.3 is 10.6 Å². The molecule has 2 aliphatic rings. The van der Waals surface area contributed by atoms with Gasteiger partial charge >= 0.3 is 0 Å². The lowest BCUT2D eigenvalue weighted by Gasteiger charge is -2.21. The van der Waals surface area contributed by atoms with E-state index in [1.54, 1.807) is 0 Å². The summed E-state index contributed by atoms with van der Waals surface area (Å²) >= 11 is 0. The summed E-state index contributed by atoms with van der Waals surface area (Å²) in [5, 5.41) is 7.24. The first-order valence-corrected chi connectivity index (χ1v) is 5.83. The Balaban J connectivity index is 1.71. The van der Waals surface area contributed by atoms with Crippen LogP contribution in [0.15, 0.2) is 0 Å². The fourth-order valence-electron chi connectivity index (χ4n) is 2.29. The van der Waals surface area contributed by atoms with Crippen molar-refractivity contribution in [2.45, 2.75) is 51.1 Å². The van der Waals surface area contributed by atoms with Gasteiger partial charge in [-0.1, -0.05) is 0 Å². The van der Waals surface area contributed by atoms with Crippen LogP contribution in [0.4, 0.5) is 0 Å². The van der Waals surface area contributed by atoms with Crippen molar-refractivity contribution in [1.29, 1.82) is 0 Å². The van der Waals surface area contributed by atoms with Gasteiger partial charge in [0.05, 0.1) is 0 Å². The molecule has 0 spiro atoms. The second-order valence-electron chi connectivity index (χ2n) is 4.67. The van der Waals surface area contributed by atoms with Gasteiger partial charge in [0, 0.05) is 12.1 Å². The van der Waals surface area contributed by atoms with Crippen molar-refractivity contribution >= 4 is 0 Å². The first-order valence-electron chi connectivity index (χ1n) is 5.83. The molecule has 0 amide bonds. The number of hydrogen-bond acceptors (Lipinski definition) is 2. The van der Waals surface area contributed by atoms with Crippen LogP contribution >= 0.6 is 0 Å². The summed E-state index contributed by atoms with van der Waals surface area (Å²) in [5.74, 6) is 0.996. The lowest BCUT2D eigenvalue weighted by atomic mass is 10.1. The zero-order valence-corrected chi connectivity index (χ0v) is 8.68. The summed E-state index contributed by atoms with van der Waals surface area (Å²) in [7, 11) is 0. The van der Waals surface area contributed by atoms with Gasteiger partial charge in [-0.15, -0.1) is 0 Å². The highest BCUT2D eigenvalue weighted by Crippen LogP contribution is 2.32. The highest BCUT2D eigenvalue weighted by Gasteiger charge is 2.29. The van der Waals surface area contributed by atoms with Crippen molar-refractivity contribution in [3.63, 3.8) is 0 Å². The molecule has 2 rings (SSSR count). The average molecular weight is 182 g/mol.